The predicted octanol–water partition coefficient (Wildman–Crippen LogP) is 6.92. The van der Waals surface area contributed by atoms with Crippen LogP contribution in [0, 0.1) is 18.3 Å². The van der Waals surface area contributed by atoms with E-state index in [4.69, 9.17) is 25.8 Å². The molecule has 176 valence electrons. The summed E-state index contributed by atoms with van der Waals surface area (Å²) in [6, 6.07) is 21.3. The highest BCUT2D eigenvalue weighted by Crippen LogP contribution is 2.38. The van der Waals surface area contributed by atoms with Gasteiger partial charge in [0.2, 0.25) is 0 Å². The molecule has 0 bridgehead atoms. The van der Waals surface area contributed by atoms with Crippen molar-refractivity contribution in [3.8, 4) is 34.4 Å². The van der Waals surface area contributed by atoms with Gasteiger partial charge in [-0.3, -0.25) is 4.98 Å². The Hall–Kier alpha value is -4.21. The quantitative estimate of drug-likeness (QED) is 0.292. The first-order valence-corrected chi connectivity index (χ1v) is 11.3. The molecule has 7 heteroatoms. The van der Waals surface area contributed by atoms with Crippen LogP contribution in [-0.4, -0.2) is 19.2 Å². The van der Waals surface area contributed by atoms with Crippen LogP contribution < -0.4 is 19.5 Å². The summed E-state index contributed by atoms with van der Waals surface area (Å²) in [7, 11) is 3.16. The van der Waals surface area contributed by atoms with Crippen LogP contribution in [0.25, 0.3) is 11.1 Å². The molecule has 4 rings (SSSR count). The highest BCUT2D eigenvalue weighted by atomic mass is 35.5. The lowest BCUT2D eigenvalue weighted by atomic mass is 10.0. The Bertz CT molecular complexity index is 1400. The first-order valence-electron chi connectivity index (χ1n) is 10.9. The fourth-order valence-electron chi connectivity index (χ4n) is 3.71. The Morgan fingerprint density at radius 2 is 1.74 bits per heavy atom. The number of ether oxygens (including phenoxy) is 3. The summed E-state index contributed by atoms with van der Waals surface area (Å²) in [5.41, 5.74) is 5.51. The summed E-state index contributed by atoms with van der Waals surface area (Å²) in [5.74, 6) is 1.77. The second kappa shape index (κ2) is 10.8. The number of hydrogen-bond donors (Lipinski definition) is 1. The minimum absolute atomic E-state index is 0.396. The summed E-state index contributed by atoms with van der Waals surface area (Å²) < 4.78 is 16.7. The minimum Gasteiger partial charge on any atom is -0.493 e. The molecule has 35 heavy (non-hydrogen) atoms. The van der Waals surface area contributed by atoms with Crippen LogP contribution in [0.3, 0.4) is 0 Å². The summed E-state index contributed by atoms with van der Waals surface area (Å²) in [6.07, 6.45) is 3.22. The van der Waals surface area contributed by atoms with Crippen LogP contribution in [0.15, 0.2) is 73.1 Å². The molecule has 0 atom stereocenters. The molecule has 1 heterocycles. The number of hydrogen-bond acceptors (Lipinski definition) is 6. The van der Waals surface area contributed by atoms with E-state index < -0.39 is 0 Å². The highest BCUT2D eigenvalue weighted by molar-refractivity contribution is 6.32. The zero-order chi connectivity index (χ0) is 24.8. The van der Waals surface area contributed by atoms with E-state index >= 15 is 0 Å². The molecule has 0 fully saturated rings. The number of aryl methyl sites for hydroxylation is 1. The number of nitriles is 1. The van der Waals surface area contributed by atoms with E-state index in [1.165, 1.54) is 11.8 Å². The molecule has 0 aliphatic carbocycles. The van der Waals surface area contributed by atoms with Crippen LogP contribution in [0.2, 0.25) is 5.02 Å². The number of methoxy groups -OCH3 is 2. The van der Waals surface area contributed by atoms with Crippen molar-refractivity contribution in [3.05, 3.63) is 94.8 Å². The SMILES string of the molecule is COc1ccc(-c2cncc(C#N)c2Nc2ccc(OCc3cccc(C)c3)c(Cl)c2)cc1OC. The lowest BCUT2D eigenvalue weighted by Gasteiger charge is -2.16. The molecule has 4 aromatic rings. The second-order valence-corrected chi connectivity index (χ2v) is 8.25. The molecule has 0 radical (unpaired) electrons. The summed E-state index contributed by atoms with van der Waals surface area (Å²) in [6.45, 7) is 2.46. The van der Waals surface area contributed by atoms with Gasteiger partial charge in [0.25, 0.3) is 0 Å². The van der Waals surface area contributed by atoms with Crippen LogP contribution in [0.4, 0.5) is 11.4 Å². The molecule has 0 saturated carbocycles. The van der Waals surface area contributed by atoms with Crippen molar-refractivity contribution in [2.45, 2.75) is 13.5 Å². The Balaban J connectivity index is 1.62. The van der Waals surface area contributed by atoms with Gasteiger partial charge in [-0.1, -0.05) is 47.5 Å². The van der Waals surface area contributed by atoms with E-state index in [1.54, 1.807) is 26.5 Å². The standard InChI is InChI=1S/C28H24ClN3O3/c1-18-5-4-6-19(11-18)17-35-25-10-8-22(13-24(25)29)32-28-21(14-30)15-31-16-23(28)20-7-9-26(33-2)27(12-20)34-3/h4-13,15-16H,17H2,1-3H3,(H,31,32). The maximum absolute atomic E-state index is 9.73. The number of benzene rings is 3. The molecule has 0 aliphatic heterocycles. The second-order valence-electron chi connectivity index (χ2n) is 7.84. The highest BCUT2D eigenvalue weighted by Gasteiger charge is 2.15. The first kappa shape index (κ1) is 23.9. The fourth-order valence-corrected chi connectivity index (χ4v) is 3.94. The number of aromatic nitrogens is 1. The van der Waals surface area contributed by atoms with Crippen molar-refractivity contribution in [1.29, 1.82) is 5.26 Å². The average molecular weight is 486 g/mol. The normalized spacial score (nSPS) is 10.4. The van der Waals surface area contributed by atoms with Gasteiger partial charge < -0.3 is 19.5 Å². The maximum Gasteiger partial charge on any atom is 0.161 e. The van der Waals surface area contributed by atoms with E-state index in [-0.39, 0.29) is 0 Å². The lowest BCUT2D eigenvalue weighted by Crippen LogP contribution is -2.00. The Morgan fingerprint density at radius 1 is 0.943 bits per heavy atom. The summed E-state index contributed by atoms with van der Waals surface area (Å²) >= 11 is 6.52. The molecule has 0 amide bonds. The number of nitrogens with zero attached hydrogens (tertiary/aromatic N) is 2. The van der Waals surface area contributed by atoms with Gasteiger partial charge in [-0.2, -0.15) is 5.26 Å². The topological polar surface area (TPSA) is 76.4 Å². The average Bonchev–Trinajstić information content (AvgIpc) is 2.88. The molecule has 1 N–H and O–H groups in total. The minimum atomic E-state index is 0.396. The van der Waals surface area contributed by atoms with Gasteiger partial charge in [-0.25, -0.2) is 0 Å². The molecule has 0 unspecified atom stereocenters. The third kappa shape index (κ3) is 5.48. The van der Waals surface area contributed by atoms with Gasteiger partial charge in [0.15, 0.2) is 11.5 Å². The van der Waals surface area contributed by atoms with Crippen molar-refractivity contribution in [1.82, 2.24) is 4.98 Å². The van der Waals surface area contributed by atoms with Gasteiger partial charge in [0.1, 0.15) is 18.4 Å². The molecule has 3 aromatic carbocycles. The maximum atomic E-state index is 9.73. The first-order chi connectivity index (χ1) is 17.0. The molecule has 1 aromatic heterocycles. The molecular formula is C28H24ClN3O3. The van der Waals surface area contributed by atoms with Gasteiger partial charge in [0.05, 0.1) is 30.5 Å². The van der Waals surface area contributed by atoms with Gasteiger partial charge in [-0.15, -0.1) is 0 Å². The third-order valence-corrected chi connectivity index (χ3v) is 5.73. The number of rotatable bonds is 8. The van der Waals surface area contributed by atoms with Crippen molar-refractivity contribution >= 4 is 23.0 Å². The van der Waals surface area contributed by atoms with E-state index in [1.807, 2.05) is 55.5 Å². The Kier molecular flexibility index (Phi) is 7.39. The molecular weight excluding hydrogens is 462 g/mol. The van der Waals surface area contributed by atoms with Gasteiger partial charge in [-0.05, 0) is 48.4 Å². The van der Waals surface area contributed by atoms with Crippen molar-refractivity contribution in [3.63, 3.8) is 0 Å². The molecule has 0 spiro atoms. The van der Waals surface area contributed by atoms with Gasteiger partial charge >= 0.3 is 0 Å². The lowest BCUT2D eigenvalue weighted by molar-refractivity contribution is 0.306. The van der Waals surface area contributed by atoms with Crippen LogP contribution >= 0.6 is 11.6 Å². The third-order valence-electron chi connectivity index (χ3n) is 5.44. The van der Waals surface area contributed by atoms with E-state index in [9.17, 15) is 5.26 Å². The predicted molar refractivity (Wildman–Crippen MR) is 138 cm³/mol. The van der Waals surface area contributed by atoms with Crippen LogP contribution in [0.1, 0.15) is 16.7 Å². The summed E-state index contributed by atoms with van der Waals surface area (Å²) in [5, 5.41) is 13.5. The largest absolute Gasteiger partial charge is 0.493 e. The zero-order valence-electron chi connectivity index (χ0n) is 19.6. The molecule has 0 aliphatic rings. The number of nitrogens with one attached hydrogen (secondary N) is 1. The van der Waals surface area contributed by atoms with Crippen LogP contribution in [0.5, 0.6) is 17.2 Å². The number of anilines is 2. The molecule has 0 saturated heterocycles. The number of pyridine rings is 1. The van der Waals surface area contributed by atoms with Crippen molar-refractivity contribution in [2.24, 2.45) is 0 Å². The molecule has 6 nitrogen and oxygen atoms in total. The number of halogens is 1. The smallest absolute Gasteiger partial charge is 0.161 e. The van der Waals surface area contributed by atoms with Gasteiger partial charge in [0, 0.05) is 23.6 Å². The monoisotopic (exact) mass is 485 g/mol. The Morgan fingerprint density at radius 3 is 2.46 bits per heavy atom. The van der Waals surface area contributed by atoms with Crippen LogP contribution in [-0.2, 0) is 6.61 Å². The van der Waals surface area contributed by atoms with E-state index in [2.05, 4.69) is 22.4 Å². The fraction of sp³-hybridized carbons (Fsp3) is 0.143. The Labute approximate surface area is 209 Å². The summed E-state index contributed by atoms with van der Waals surface area (Å²) in [4.78, 5) is 4.24. The van der Waals surface area contributed by atoms with Crippen molar-refractivity contribution in [2.75, 3.05) is 19.5 Å². The zero-order valence-corrected chi connectivity index (χ0v) is 20.4. The van der Waals surface area contributed by atoms with E-state index in [0.29, 0.717) is 45.8 Å². The van der Waals surface area contributed by atoms with E-state index in [0.717, 1.165) is 16.7 Å². The van der Waals surface area contributed by atoms with Crippen molar-refractivity contribution < 1.29 is 14.2 Å².